The van der Waals surface area contributed by atoms with E-state index in [1.54, 1.807) is 13.3 Å². The van der Waals surface area contributed by atoms with E-state index < -0.39 is 12.1 Å². The van der Waals surface area contributed by atoms with Crippen LogP contribution in [0, 0.1) is 17.7 Å². The van der Waals surface area contributed by atoms with E-state index in [4.69, 9.17) is 16.3 Å². The lowest BCUT2D eigenvalue weighted by atomic mass is 9.79. The normalized spacial score (nSPS) is 19.1. The van der Waals surface area contributed by atoms with E-state index in [1.807, 2.05) is 18.2 Å². The van der Waals surface area contributed by atoms with Crippen molar-refractivity contribution in [3.05, 3.63) is 59.1 Å². The van der Waals surface area contributed by atoms with E-state index in [9.17, 15) is 19.4 Å². The van der Waals surface area contributed by atoms with Crippen LogP contribution in [0.5, 0.6) is 5.75 Å². The molecule has 0 radical (unpaired) electrons. The van der Waals surface area contributed by atoms with Crippen LogP contribution in [0.3, 0.4) is 0 Å². The smallest absolute Gasteiger partial charge is 0.303 e. The van der Waals surface area contributed by atoms with E-state index in [0.29, 0.717) is 40.7 Å². The highest BCUT2D eigenvalue weighted by Crippen LogP contribution is 2.37. The summed E-state index contributed by atoms with van der Waals surface area (Å²) in [6.07, 6.45) is 4.32. The van der Waals surface area contributed by atoms with Crippen LogP contribution in [0.1, 0.15) is 37.4 Å². The second kappa shape index (κ2) is 12.9. The van der Waals surface area contributed by atoms with Gasteiger partial charge in [-0.1, -0.05) is 11.6 Å². The van der Waals surface area contributed by atoms with Crippen LogP contribution in [-0.4, -0.2) is 63.5 Å². The molecule has 0 bridgehead atoms. The molecule has 37 heavy (non-hydrogen) atoms. The molecule has 1 aliphatic rings. The Morgan fingerprint density at radius 1 is 1.30 bits per heavy atom. The number of likely N-dealkylation sites (tertiary alicyclic amines) is 1. The van der Waals surface area contributed by atoms with Gasteiger partial charge in [-0.2, -0.15) is 0 Å². The average molecular weight is 548 g/mol. The van der Waals surface area contributed by atoms with Crippen LogP contribution < -0.4 is 4.74 Å². The van der Waals surface area contributed by atoms with Crippen molar-refractivity contribution in [2.24, 2.45) is 11.8 Å². The number of aliphatic hydroxyl groups is 1. The Morgan fingerprint density at radius 3 is 2.89 bits per heavy atom. The zero-order valence-corrected chi connectivity index (χ0v) is 22.2. The number of aliphatic hydroxyl groups excluding tert-OH is 1. The highest BCUT2D eigenvalue weighted by Gasteiger charge is 2.31. The van der Waals surface area contributed by atoms with Crippen molar-refractivity contribution in [3.63, 3.8) is 0 Å². The number of piperidine rings is 1. The van der Waals surface area contributed by atoms with Crippen molar-refractivity contribution < 1.29 is 24.1 Å². The fourth-order valence-corrected chi connectivity index (χ4v) is 6.25. The number of thioether (sulfide) groups is 1. The maximum atomic E-state index is 13.4. The summed E-state index contributed by atoms with van der Waals surface area (Å²) in [5, 5.41) is 22.5. The van der Waals surface area contributed by atoms with Crippen LogP contribution in [0.15, 0.2) is 47.8 Å². The monoisotopic (exact) mass is 547 g/mol. The molecule has 7 nitrogen and oxygen atoms in total. The van der Waals surface area contributed by atoms with Crippen molar-refractivity contribution in [1.82, 2.24) is 14.9 Å². The zero-order valence-electron chi connectivity index (χ0n) is 20.6. The van der Waals surface area contributed by atoms with Gasteiger partial charge in [0.05, 0.1) is 28.8 Å². The van der Waals surface area contributed by atoms with Gasteiger partial charge in [0.2, 0.25) is 0 Å². The standard InChI is InChI=1S/C27H31ClFN3O4S/c1-36-20-3-4-23-21(14-20)27(22(28)15-31-23)24(33)5-2-17-7-9-32(16-18(17)12-26(34)35)10-11-37-25-13-19(29)6-8-30-25/h3-4,6,8,13-15,17-18,24,33H,2,5,7,9-12,16H2,1H3,(H,34,35)/t17?,18?,24-/m1/s1. The minimum Gasteiger partial charge on any atom is -0.497 e. The number of aliphatic carboxylic acids is 1. The second-order valence-corrected chi connectivity index (χ2v) is 10.9. The third-order valence-corrected chi connectivity index (χ3v) is 8.19. The maximum Gasteiger partial charge on any atom is 0.303 e. The summed E-state index contributed by atoms with van der Waals surface area (Å²) in [5.74, 6) is 0.455. The Kier molecular flexibility index (Phi) is 9.59. The van der Waals surface area contributed by atoms with Crippen molar-refractivity contribution in [2.75, 3.05) is 32.5 Å². The summed E-state index contributed by atoms with van der Waals surface area (Å²) < 4.78 is 18.7. The van der Waals surface area contributed by atoms with Gasteiger partial charge >= 0.3 is 5.97 Å². The molecule has 3 atom stereocenters. The Labute approximate surface area is 225 Å². The molecule has 4 rings (SSSR count). The molecule has 1 aromatic carbocycles. The number of fused-ring (bicyclic) bond motifs is 1. The summed E-state index contributed by atoms with van der Waals surface area (Å²) in [6, 6.07) is 8.22. The fourth-order valence-electron chi connectivity index (χ4n) is 5.09. The number of rotatable bonds is 11. The molecule has 10 heteroatoms. The SMILES string of the molecule is COc1ccc2ncc(Cl)c([C@H](O)CCC3CCN(CCSc4cc(F)ccn4)CC3CC(=O)O)c2c1. The lowest BCUT2D eigenvalue weighted by Crippen LogP contribution is -2.42. The molecule has 3 aromatic rings. The molecular weight excluding hydrogens is 517 g/mol. The topological polar surface area (TPSA) is 95.8 Å². The van der Waals surface area contributed by atoms with Crippen molar-refractivity contribution >= 4 is 40.2 Å². The molecule has 0 spiro atoms. The van der Waals surface area contributed by atoms with E-state index >= 15 is 0 Å². The van der Waals surface area contributed by atoms with Gasteiger partial charge in [-0.15, -0.1) is 11.8 Å². The highest BCUT2D eigenvalue weighted by molar-refractivity contribution is 7.99. The van der Waals surface area contributed by atoms with Gasteiger partial charge in [0, 0.05) is 54.7 Å². The summed E-state index contributed by atoms with van der Waals surface area (Å²) in [5.41, 5.74) is 1.35. The third kappa shape index (κ3) is 7.31. The van der Waals surface area contributed by atoms with Gasteiger partial charge in [0.1, 0.15) is 11.6 Å². The van der Waals surface area contributed by atoms with E-state index in [-0.39, 0.29) is 24.1 Å². The lowest BCUT2D eigenvalue weighted by Gasteiger charge is -2.38. The molecule has 0 amide bonds. The van der Waals surface area contributed by atoms with E-state index in [1.165, 1.54) is 30.1 Å². The van der Waals surface area contributed by atoms with Gasteiger partial charge in [0.25, 0.3) is 0 Å². The maximum absolute atomic E-state index is 13.4. The molecule has 3 heterocycles. The first-order chi connectivity index (χ1) is 17.8. The number of carboxylic acid groups (broad SMARTS) is 1. The number of halogens is 2. The number of carboxylic acids is 1. The second-order valence-electron chi connectivity index (χ2n) is 9.36. The minimum atomic E-state index is -0.814. The number of aromatic nitrogens is 2. The Balaban J connectivity index is 1.37. The first kappa shape index (κ1) is 27.6. The molecule has 2 N–H and O–H groups in total. The van der Waals surface area contributed by atoms with Crippen LogP contribution in [0.4, 0.5) is 4.39 Å². The largest absolute Gasteiger partial charge is 0.497 e. The van der Waals surface area contributed by atoms with Crippen LogP contribution >= 0.6 is 23.4 Å². The average Bonchev–Trinajstić information content (AvgIpc) is 2.87. The minimum absolute atomic E-state index is 0.0134. The predicted octanol–water partition coefficient (Wildman–Crippen LogP) is 5.45. The molecule has 1 saturated heterocycles. The number of methoxy groups -OCH3 is 1. The molecule has 0 aliphatic carbocycles. The predicted molar refractivity (Wildman–Crippen MR) is 143 cm³/mol. The van der Waals surface area contributed by atoms with E-state index in [2.05, 4.69) is 14.9 Å². The summed E-state index contributed by atoms with van der Waals surface area (Å²) in [7, 11) is 1.58. The van der Waals surface area contributed by atoms with E-state index in [0.717, 1.165) is 36.2 Å². The number of nitrogens with zero attached hydrogens (tertiary/aromatic N) is 3. The molecule has 1 aliphatic heterocycles. The number of hydrogen-bond donors (Lipinski definition) is 2. The van der Waals surface area contributed by atoms with Crippen molar-refractivity contribution in [1.29, 1.82) is 0 Å². The van der Waals surface area contributed by atoms with Gasteiger partial charge in [-0.25, -0.2) is 9.37 Å². The Morgan fingerprint density at radius 2 is 2.14 bits per heavy atom. The number of pyridine rings is 2. The quantitative estimate of drug-likeness (QED) is 0.306. The lowest BCUT2D eigenvalue weighted by molar-refractivity contribution is -0.139. The molecule has 2 aromatic heterocycles. The molecular formula is C27H31ClFN3O4S. The first-order valence-electron chi connectivity index (χ1n) is 12.3. The number of benzene rings is 1. The molecule has 198 valence electrons. The fraction of sp³-hybridized carbons (Fsp3) is 0.444. The Hall–Kier alpha value is -2.46. The number of hydrogen-bond acceptors (Lipinski definition) is 7. The van der Waals surface area contributed by atoms with Crippen LogP contribution in [0.2, 0.25) is 5.02 Å². The van der Waals surface area contributed by atoms with Gasteiger partial charge in [0.15, 0.2) is 0 Å². The molecule has 0 saturated carbocycles. The van der Waals surface area contributed by atoms with Crippen LogP contribution in [0.25, 0.3) is 10.9 Å². The van der Waals surface area contributed by atoms with Gasteiger partial charge in [-0.05, 0) is 61.9 Å². The van der Waals surface area contributed by atoms with Crippen molar-refractivity contribution in [3.8, 4) is 5.75 Å². The summed E-state index contributed by atoms with van der Waals surface area (Å²) in [4.78, 5) is 22.4. The summed E-state index contributed by atoms with van der Waals surface area (Å²) >= 11 is 7.95. The number of ether oxygens (including phenoxy) is 1. The van der Waals surface area contributed by atoms with Gasteiger partial charge < -0.3 is 19.8 Å². The highest BCUT2D eigenvalue weighted by atomic mass is 35.5. The van der Waals surface area contributed by atoms with Crippen LogP contribution in [-0.2, 0) is 4.79 Å². The number of carbonyl (C=O) groups is 1. The molecule has 1 fully saturated rings. The first-order valence-corrected chi connectivity index (χ1v) is 13.7. The Bertz CT molecular complexity index is 1230. The van der Waals surface area contributed by atoms with Crippen molar-refractivity contribution in [2.45, 2.75) is 36.8 Å². The molecule has 2 unspecified atom stereocenters. The van der Waals surface area contributed by atoms with Gasteiger partial charge in [-0.3, -0.25) is 9.78 Å². The summed E-state index contributed by atoms with van der Waals surface area (Å²) in [6.45, 7) is 2.30. The zero-order chi connectivity index (χ0) is 26.4. The third-order valence-electron chi connectivity index (χ3n) is 6.98.